The summed E-state index contributed by atoms with van der Waals surface area (Å²) >= 11 is 0. The molecule has 0 bridgehead atoms. The minimum atomic E-state index is 0.0209. The van der Waals surface area contributed by atoms with Gasteiger partial charge in [-0.05, 0) is 43.7 Å². The Labute approximate surface area is 154 Å². The number of para-hydroxylation sites is 2. The highest BCUT2D eigenvalue weighted by molar-refractivity contribution is 5.76. The van der Waals surface area contributed by atoms with Gasteiger partial charge in [0.1, 0.15) is 5.82 Å². The molecule has 1 aromatic heterocycles. The van der Waals surface area contributed by atoms with Crippen molar-refractivity contribution < 1.29 is 9.53 Å². The topological polar surface area (TPSA) is 79.0 Å². The number of rotatable bonds is 5. The Morgan fingerprint density at radius 2 is 2.08 bits per heavy atom. The Balaban J connectivity index is 1.21. The van der Waals surface area contributed by atoms with Crippen LogP contribution in [0, 0.1) is 5.92 Å². The number of carbonyl (C=O) groups is 1. The van der Waals surface area contributed by atoms with Crippen molar-refractivity contribution in [2.45, 2.75) is 44.1 Å². The van der Waals surface area contributed by atoms with Crippen molar-refractivity contribution >= 4 is 16.9 Å². The molecule has 1 aliphatic heterocycles. The van der Waals surface area contributed by atoms with E-state index in [1.54, 1.807) is 0 Å². The number of amides is 1. The molecule has 2 fully saturated rings. The molecule has 1 aromatic carbocycles. The van der Waals surface area contributed by atoms with E-state index in [1.807, 2.05) is 12.1 Å². The van der Waals surface area contributed by atoms with Gasteiger partial charge < -0.3 is 20.4 Å². The predicted molar refractivity (Wildman–Crippen MR) is 101 cm³/mol. The second-order valence-electron chi connectivity index (χ2n) is 7.56. The summed E-state index contributed by atoms with van der Waals surface area (Å²) in [5, 5.41) is 6.37. The summed E-state index contributed by atoms with van der Waals surface area (Å²) in [6, 6.07) is 8.21. The molecular formula is C20H28N4O2. The minimum Gasteiger partial charge on any atom is -0.375 e. The number of morpholine rings is 1. The number of hydrogen-bond donors (Lipinski definition) is 3. The molecule has 6 heteroatoms. The van der Waals surface area contributed by atoms with Gasteiger partial charge in [0.15, 0.2) is 0 Å². The molecule has 4 rings (SSSR count). The molecule has 0 radical (unpaired) electrons. The first-order valence-electron chi connectivity index (χ1n) is 9.81. The van der Waals surface area contributed by atoms with Crippen LogP contribution in [0.2, 0.25) is 0 Å². The summed E-state index contributed by atoms with van der Waals surface area (Å²) in [5.41, 5.74) is 2.17. The summed E-state index contributed by atoms with van der Waals surface area (Å²) in [6.45, 7) is 3.14. The third kappa shape index (κ3) is 4.24. The molecule has 26 heavy (non-hydrogen) atoms. The normalized spacial score (nSPS) is 26.7. The summed E-state index contributed by atoms with van der Waals surface area (Å²) < 4.78 is 5.59. The van der Waals surface area contributed by atoms with Crippen LogP contribution in [0.3, 0.4) is 0 Å². The van der Waals surface area contributed by atoms with Crippen LogP contribution in [-0.4, -0.2) is 48.2 Å². The Morgan fingerprint density at radius 1 is 1.23 bits per heavy atom. The number of hydrogen-bond acceptors (Lipinski definition) is 4. The number of imidazole rings is 1. The fourth-order valence-electron chi connectivity index (χ4n) is 4.09. The van der Waals surface area contributed by atoms with Gasteiger partial charge in [-0.2, -0.15) is 0 Å². The van der Waals surface area contributed by atoms with Crippen molar-refractivity contribution in [2.75, 3.05) is 26.2 Å². The molecule has 2 aliphatic rings. The van der Waals surface area contributed by atoms with E-state index < -0.39 is 0 Å². The van der Waals surface area contributed by atoms with Crippen LogP contribution in [-0.2, 0) is 9.53 Å². The van der Waals surface area contributed by atoms with Crippen LogP contribution >= 0.6 is 0 Å². The first-order valence-corrected chi connectivity index (χ1v) is 9.81. The molecule has 1 aliphatic carbocycles. The number of H-pyrrole nitrogens is 1. The third-order valence-electron chi connectivity index (χ3n) is 5.65. The van der Waals surface area contributed by atoms with Gasteiger partial charge >= 0.3 is 0 Å². The van der Waals surface area contributed by atoms with Crippen LogP contribution < -0.4 is 10.6 Å². The van der Waals surface area contributed by atoms with Gasteiger partial charge in [0, 0.05) is 25.6 Å². The lowest BCUT2D eigenvalue weighted by atomic mass is 9.81. The van der Waals surface area contributed by atoms with Gasteiger partial charge in [-0.1, -0.05) is 12.1 Å². The maximum Gasteiger partial charge on any atom is 0.222 e. The van der Waals surface area contributed by atoms with E-state index in [-0.39, 0.29) is 12.0 Å². The fourth-order valence-corrected chi connectivity index (χ4v) is 4.09. The van der Waals surface area contributed by atoms with Crippen LogP contribution in [0.5, 0.6) is 0 Å². The molecule has 3 N–H and O–H groups in total. The molecule has 0 spiro atoms. The van der Waals surface area contributed by atoms with Crippen LogP contribution in [0.4, 0.5) is 0 Å². The van der Waals surface area contributed by atoms with Crippen molar-refractivity contribution in [3.63, 3.8) is 0 Å². The highest BCUT2D eigenvalue weighted by Crippen LogP contribution is 2.35. The zero-order chi connectivity index (χ0) is 17.8. The maximum absolute atomic E-state index is 12.1. The number of nitrogens with one attached hydrogen (secondary N) is 3. The highest BCUT2D eigenvalue weighted by atomic mass is 16.5. The van der Waals surface area contributed by atoms with E-state index >= 15 is 0 Å². The lowest BCUT2D eigenvalue weighted by Crippen LogP contribution is -2.42. The smallest absolute Gasteiger partial charge is 0.222 e. The zero-order valence-corrected chi connectivity index (χ0v) is 15.2. The second kappa shape index (κ2) is 8.18. The molecule has 6 nitrogen and oxygen atoms in total. The zero-order valence-electron chi connectivity index (χ0n) is 15.2. The second-order valence-corrected chi connectivity index (χ2v) is 7.56. The first kappa shape index (κ1) is 17.5. The molecule has 2 aromatic rings. The fraction of sp³-hybridized carbons (Fsp3) is 0.600. The van der Waals surface area contributed by atoms with Crippen molar-refractivity contribution in [1.29, 1.82) is 0 Å². The van der Waals surface area contributed by atoms with Gasteiger partial charge in [0.25, 0.3) is 0 Å². The van der Waals surface area contributed by atoms with Gasteiger partial charge in [0.2, 0.25) is 5.91 Å². The number of carbonyl (C=O) groups excluding carboxylic acids is 1. The molecule has 2 heterocycles. The number of nitrogens with zero attached hydrogens (tertiary/aromatic N) is 1. The van der Waals surface area contributed by atoms with Crippen molar-refractivity contribution in [3.05, 3.63) is 30.1 Å². The average Bonchev–Trinajstić information content (AvgIpc) is 3.12. The number of benzene rings is 1. The van der Waals surface area contributed by atoms with E-state index in [1.165, 1.54) is 0 Å². The predicted octanol–water partition coefficient (Wildman–Crippen LogP) is 2.33. The number of aromatic amines is 1. The maximum atomic E-state index is 12.1. The van der Waals surface area contributed by atoms with E-state index in [0.29, 0.717) is 24.9 Å². The van der Waals surface area contributed by atoms with E-state index in [9.17, 15) is 4.79 Å². The Bertz CT molecular complexity index is 697. The molecule has 1 unspecified atom stereocenters. The van der Waals surface area contributed by atoms with E-state index in [2.05, 4.69) is 27.8 Å². The van der Waals surface area contributed by atoms with Gasteiger partial charge in [0.05, 0.1) is 30.2 Å². The van der Waals surface area contributed by atoms with Crippen molar-refractivity contribution in [3.8, 4) is 0 Å². The molecule has 1 saturated heterocycles. The van der Waals surface area contributed by atoms with E-state index in [0.717, 1.165) is 62.2 Å². The summed E-state index contributed by atoms with van der Waals surface area (Å²) in [7, 11) is 0. The molecule has 1 atom stereocenters. The third-order valence-corrected chi connectivity index (χ3v) is 5.65. The van der Waals surface area contributed by atoms with Gasteiger partial charge in [-0.15, -0.1) is 0 Å². The molecule has 140 valence electrons. The summed E-state index contributed by atoms with van der Waals surface area (Å²) in [6.07, 6.45) is 5.04. The van der Waals surface area contributed by atoms with Crippen molar-refractivity contribution in [2.24, 2.45) is 5.92 Å². The van der Waals surface area contributed by atoms with E-state index in [4.69, 9.17) is 9.72 Å². The average molecular weight is 356 g/mol. The molecule has 1 saturated carbocycles. The van der Waals surface area contributed by atoms with Crippen LogP contribution in [0.25, 0.3) is 11.0 Å². The molecular weight excluding hydrogens is 328 g/mol. The first-order chi connectivity index (χ1) is 12.8. The summed E-state index contributed by atoms with van der Waals surface area (Å²) in [4.78, 5) is 20.3. The summed E-state index contributed by atoms with van der Waals surface area (Å²) in [5.74, 6) is 2.31. The van der Waals surface area contributed by atoms with Crippen LogP contribution in [0.15, 0.2) is 24.3 Å². The Kier molecular flexibility index (Phi) is 5.51. The highest BCUT2D eigenvalue weighted by Gasteiger charge is 2.25. The quantitative estimate of drug-likeness (QED) is 0.768. The lowest BCUT2D eigenvalue weighted by Gasteiger charge is -2.28. The standard InChI is InChI=1S/C20H28N4O2/c25-19(11-16-13-21-9-10-26-16)22-12-14-5-7-15(8-6-14)20-23-17-3-1-2-4-18(17)24-20/h1-4,14-16,21H,5-13H2,(H,22,25)(H,23,24). The largest absolute Gasteiger partial charge is 0.375 e. The number of ether oxygens (including phenoxy) is 1. The van der Waals surface area contributed by atoms with Crippen molar-refractivity contribution in [1.82, 2.24) is 20.6 Å². The monoisotopic (exact) mass is 356 g/mol. The Morgan fingerprint density at radius 3 is 2.85 bits per heavy atom. The number of aromatic nitrogens is 2. The van der Waals surface area contributed by atoms with Gasteiger partial charge in [-0.25, -0.2) is 4.98 Å². The molecule has 1 amide bonds. The SMILES string of the molecule is O=C(CC1CNCCO1)NCC1CCC(c2nc3ccccc3[nH]2)CC1. The van der Waals surface area contributed by atoms with Gasteiger partial charge in [-0.3, -0.25) is 4.79 Å². The number of fused-ring (bicyclic) bond motifs is 1. The lowest BCUT2D eigenvalue weighted by molar-refractivity contribution is -0.124. The minimum absolute atomic E-state index is 0.0209. The van der Waals surface area contributed by atoms with Crippen LogP contribution in [0.1, 0.15) is 43.8 Å². The Hall–Kier alpha value is -1.92.